The number of carbonyl (C=O) groups is 3. The molecule has 2 aliphatic rings. The predicted molar refractivity (Wildman–Crippen MR) is 135 cm³/mol. The summed E-state index contributed by atoms with van der Waals surface area (Å²) in [6.07, 6.45) is 2.63. The molecule has 0 saturated heterocycles. The molecule has 0 spiro atoms. The van der Waals surface area contributed by atoms with Crippen LogP contribution in [0.5, 0.6) is 5.75 Å². The maximum Gasteiger partial charge on any atom is 0.317 e. The van der Waals surface area contributed by atoms with Crippen molar-refractivity contribution in [2.45, 2.75) is 65.1 Å². The Hall–Kier alpha value is -2.81. The average molecular weight is 489 g/mol. The summed E-state index contributed by atoms with van der Waals surface area (Å²) in [5, 5.41) is 5.92. The van der Waals surface area contributed by atoms with Crippen LogP contribution in [0.1, 0.15) is 57.3 Å². The third-order valence-electron chi connectivity index (χ3n) is 6.86. The Bertz CT molecular complexity index is 917. The third-order valence-corrected chi connectivity index (χ3v) is 6.86. The molecule has 0 radical (unpaired) electrons. The zero-order valence-electron chi connectivity index (χ0n) is 21.8. The second-order valence-corrected chi connectivity index (χ2v) is 10.2. The number of methoxy groups -OCH3 is 1. The van der Waals surface area contributed by atoms with Crippen LogP contribution < -0.4 is 15.4 Å². The Balaban J connectivity index is 1.91. The molecule has 1 saturated carbocycles. The van der Waals surface area contributed by atoms with Gasteiger partial charge in [-0.25, -0.2) is 4.79 Å². The monoisotopic (exact) mass is 488 g/mol. The highest BCUT2D eigenvalue weighted by Gasteiger charge is 2.31. The molecule has 4 amide bonds. The normalized spacial score (nSPS) is 24.0. The van der Waals surface area contributed by atoms with Crippen molar-refractivity contribution in [3.8, 4) is 5.75 Å². The summed E-state index contributed by atoms with van der Waals surface area (Å²) < 4.78 is 11.9. The SMILES string of the molecule is CO[C@@H]1CN(C)C(=O)c2ccc(NC(=O)C3CCC3)cc2OC[C@H](C)N(C(=O)NC(C)C)C[C@H]1C. The second kappa shape index (κ2) is 11.7. The van der Waals surface area contributed by atoms with Gasteiger partial charge in [-0.1, -0.05) is 13.3 Å². The summed E-state index contributed by atoms with van der Waals surface area (Å²) in [5.74, 6) is 0.222. The van der Waals surface area contributed by atoms with Gasteiger partial charge in [-0.3, -0.25) is 9.59 Å². The van der Waals surface area contributed by atoms with Crippen LogP contribution in [0.15, 0.2) is 18.2 Å². The van der Waals surface area contributed by atoms with Crippen LogP contribution in [0.3, 0.4) is 0 Å². The number of benzene rings is 1. The van der Waals surface area contributed by atoms with Crippen molar-refractivity contribution in [2.75, 3.05) is 39.2 Å². The summed E-state index contributed by atoms with van der Waals surface area (Å²) in [6, 6.07) is 4.69. The molecule has 0 unspecified atom stereocenters. The summed E-state index contributed by atoms with van der Waals surface area (Å²) >= 11 is 0. The number of likely N-dealkylation sites (N-methyl/N-ethyl adjacent to an activating group) is 1. The van der Waals surface area contributed by atoms with Crippen molar-refractivity contribution in [1.82, 2.24) is 15.1 Å². The van der Waals surface area contributed by atoms with E-state index < -0.39 is 0 Å². The lowest BCUT2D eigenvalue weighted by Gasteiger charge is -2.36. The van der Waals surface area contributed by atoms with Crippen LogP contribution in [0.2, 0.25) is 0 Å². The van der Waals surface area contributed by atoms with Gasteiger partial charge < -0.3 is 29.9 Å². The highest BCUT2D eigenvalue weighted by molar-refractivity contribution is 5.99. The molecule has 1 heterocycles. The minimum absolute atomic E-state index is 0.00292. The topological polar surface area (TPSA) is 100 Å². The molecule has 9 nitrogen and oxygen atoms in total. The number of carbonyl (C=O) groups excluding carboxylic acids is 3. The molecule has 194 valence electrons. The largest absolute Gasteiger partial charge is 0.491 e. The van der Waals surface area contributed by atoms with Crippen LogP contribution in [-0.2, 0) is 9.53 Å². The average Bonchev–Trinajstić information content (AvgIpc) is 2.76. The van der Waals surface area contributed by atoms with Gasteiger partial charge in [-0.2, -0.15) is 0 Å². The number of amides is 4. The number of urea groups is 1. The molecule has 1 aromatic rings. The third kappa shape index (κ3) is 6.66. The van der Waals surface area contributed by atoms with Gasteiger partial charge in [-0.05, 0) is 45.7 Å². The lowest BCUT2D eigenvalue weighted by molar-refractivity contribution is -0.122. The fourth-order valence-corrected chi connectivity index (χ4v) is 4.38. The Morgan fingerprint density at radius 1 is 1.17 bits per heavy atom. The van der Waals surface area contributed by atoms with Crippen LogP contribution in [0.4, 0.5) is 10.5 Å². The molecular formula is C26H40N4O5. The smallest absolute Gasteiger partial charge is 0.317 e. The standard InChI is InChI=1S/C26H40N4O5/c1-16(2)27-26(33)30-13-17(3)23(34-6)14-29(5)25(32)21-11-10-20(12-22(21)35-15-18(30)4)28-24(31)19-8-7-9-19/h10-12,16-19,23H,7-9,13-15H2,1-6H3,(H,27,33)(H,28,31)/t17-,18+,23-/m1/s1. The molecule has 1 fully saturated rings. The van der Waals surface area contributed by atoms with Crippen molar-refractivity contribution < 1.29 is 23.9 Å². The molecule has 3 atom stereocenters. The molecule has 0 aromatic heterocycles. The summed E-state index contributed by atoms with van der Waals surface area (Å²) in [7, 11) is 3.36. The van der Waals surface area contributed by atoms with Crippen molar-refractivity contribution in [3.05, 3.63) is 23.8 Å². The number of rotatable bonds is 4. The molecule has 9 heteroatoms. The van der Waals surface area contributed by atoms with Crippen LogP contribution in [0, 0.1) is 11.8 Å². The van der Waals surface area contributed by atoms with E-state index in [1.165, 1.54) is 0 Å². The Kier molecular flexibility index (Phi) is 8.99. The van der Waals surface area contributed by atoms with E-state index in [-0.39, 0.29) is 54.5 Å². The van der Waals surface area contributed by atoms with E-state index in [2.05, 4.69) is 10.6 Å². The van der Waals surface area contributed by atoms with Gasteiger partial charge in [-0.15, -0.1) is 0 Å². The highest BCUT2D eigenvalue weighted by atomic mass is 16.5. The number of nitrogens with one attached hydrogen (secondary N) is 2. The lowest BCUT2D eigenvalue weighted by atomic mass is 9.85. The first-order valence-electron chi connectivity index (χ1n) is 12.5. The zero-order valence-corrected chi connectivity index (χ0v) is 21.8. The number of fused-ring (bicyclic) bond motifs is 1. The van der Waals surface area contributed by atoms with Crippen LogP contribution in [0.25, 0.3) is 0 Å². The first-order chi connectivity index (χ1) is 16.6. The fraction of sp³-hybridized carbons (Fsp3) is 0.654. The lowest BCUT2D eigenvalue weighted by Crippen LogP contribution is -2.52. The summed E-state index contributed by atoms with van der Waals surface area (Å²) in [4.78, 5) is 42.2. The Morgan fingerprint density at radius 3 is 2.49 bits per heavy atom. The quantitative estimate of drug-likeness (QED) is 0.677. The van der Waals surface area contributed by atoms with Gasteiger partial charge in [0.1, 0.15) is 12.4 Å². The second-order valence-electron chi connectivity index (χ2n) is 10.2. The number of hydrogen-bond acceptors (Lipinski definition) is 5. The minimum Gasteiger partial charge on any atom is -0.491 e. The van der Waals surface area contributed by atoms with E-state index in [1.807, 2.05) is 27.7 Å². The number of nitrogens with zero attached hydrogens (tertiary/aromatic N) is 2. The first-order valence-corrected chi connectivity index (χ1v) is 12.5. The van der Waals surface area contributed by atoms with E-state index in [1.54, 1.807) is 42.2 Å². The molecule has 35 heavy (non-hydrogen) atoms. The van der Waals surface area contributed by atoms with Gasteiger partial charge in [0.05, 0.1) is 17.7 Å². The Labute approximate surface area is 208 Å². The number of anilines is 1. The number of ether oxygens (including phenoxy) is 2. The highest BCUT2D eigenvalue weighted by Crippen LogP contribution is 2.30. The van der Waals surface area contributed by atoms with Crippen molar-refractivity contribution in [3.63, 3.8) is 0 Å². The Morgan fingerprint density at radius 2 is 1.89 bits per heavy atom. The molecule has 1 aromatic carbocycles. The van der Waals surface area contributed by atoms with E-state index in [0.717, 1.165) is 19.3 Å². The van der Waals surface area contributed by atoms with E-state index in [4.69, 9.17) is 9.47 Å². The molecular weight excluding hydrogens is 448 g/mol. The molecule has 0 bridgehead atoms. The van der Waals surface area contributed by atoms with Crippen molar-refractivity contribution in [1.29, 1.82) is 0 Å². The predicted octanol–water partition coefficient (Wildman–Crippen LogP) is 3.35. The van der Waals surface area contributed by atoms with Gasteiger partial charge in [0.25, 0.3) is 5.91 Å². The minimum atomic E-state index is -0.262. The molecule has 1 aliphatic heterocycles. The first kappa shape index (κ1) is 26.8. The van der Waals surface area contributed by atoms with Crippen LogP contribution in [-0.4, -0.2) is 79.7 Å². The van der Waals surface area contributed by atoms with Gasteiger partial charge in [0.2, 0.25) is 5.91 Å². The van der Waals surface area contributed by atoms with Gasteiger partial charge in [0.15, 0.2) is 0 Å². The van der Waals surface area contributed by atoms with E-state index in [0.29, 0.717) is 30.1 Å². The van der Waals surface area contributed by atoms with Gasteiger partial charge >= 0.3 is 6.03 Å². The number of hydrogen-bond donors (Lipinski definition) is 2. The summed E-state index contributed by atoms with van der Waals surface area (Å²) in [6.45, 7) is 8.81. The van der Waals surface area contributed by atoms with Gasteiger partial charge in [0, 0.05) is 56.9 Å². The molecule has 1 aliphatic carbocycles. The summed E-state index contributed by atoms with van der Waals surface area (Å²) in [5.41, 5.74) is 0.997. The van der Waals surface area contributed by atoms with Crippen molar-refractivity contribution in [2.24, 2.45) is 11.8 Å². The molecule has 2 N–H and O–H groups in total. The maximum absolute atomic E-state index is 13.3. The van der Waals surface area contributed by atoms with Crippen molar-refractivity contribution >= 4 is 23.5 Å². The zero-order chi connectivity index (χ0) is 25.7. The van der Waals surface area contributed by atoms with E-state index in [9.17, 15) is 14.4 Å². The maximum atomic E-state index is 13.3. The van der Waals surface area contributed by atoms with E-state index >= 15 is 0 Å². The van der Waals surface area contributed by atoms with Crippen LogP contribution >= 0.6 is 0 Å². The fourth-order valence-electron chi connectivity index (χ4n) is 4.38. The molecule has 3 rings (SSSR count).